The molecule has 0 unspecified atom stereocenters. The molecule has 6 atom stereocenters. The average molecular weight is 364 g/mol. The molecule has 6 nitrogen and oxygen atoms in total. The molecule has 3 heterocycles. The van der Waals surface area contributed by atoms with E-state index in [1.54, 1.807) is 13.0 Å². The number of hydrogen-bond donors (Lipinski definition) is 1. The molecule has 3 aliphatic rings. The number of esters is 2. The molecule has 0 aromatic heterocycles. The van der Waals surface area contributed by atoms with E-state index in [1.807, 2.05) is 20.8 Å². The van der Waals surface area contributed by atoms with Gasteiger partial charge in [-0.05, 0) is 38.3 Å². The lowest BCUT2D eigenvalue weighted by Crippen LogP contribution is -2.40. The van der Waals surface area contributed by atoms with E-state index in [4.69, 9.17) is 14.2 Å². The summed E-state index contributed by atoms with van der Waals surface area (Å²) in [4.78, 5) is 24.6. The van der Waals surface area contributed by atoms with Gasteiger partial charge < -0.3 is 19.3 Å². The topological polar surface area (TPSA) is 82.1 Å². The molecule has 0 aromatic carbocycles. The summed E-state index contributed by atoms with van der Waals surface area (Å²) in [5, 5.41) is 10.9. The normalized spacial score (nSPS) is 42.7. The quantitative estimate of drug-likeness (QED) is 0.471. The molecule has 26 heavy (non-hydrogen) atoms. The van der Waals surface area contributed by atoms with Crippen molar-refractivity contribution >= 4 is 11.9 Å². The van der Waals surface area contributed by atoms with Crippen LogP contribution in [-0.4, -0.2) is 40.6 Å². The first-order chi connectivity index (χ1) is 12.1. The van der Waals surface area contributed by atoms with E-state index in [9.17, 15) is 14.7 Å². The average Bonchev–Trinajstić information content (AvgIpc) is 3.03. The van der Waals surface area contributed by atoms with Gasteiger partial charge in [-0.3, -0.25) is 4.79 Å². The van der Waals surface area contributed by atoms with Gasteiger partial charge in [0.05, 0.1) is 17.4 Å². The third-order valence-electron chi connectivity index (χ3n) is 6.02. The van der Waals surface area contributed by atoms with Crippen molar-refractivity contribution in [3.05, 3.63) is 23.8 Å². The smallest absolute Gasteiger partial charge is 0.334 e. The highest BCUT2D eigenvalue weighted by molar-refractivity contribution is 5.91. The van der Waals surface area contributed by atoms with Crippen LogP contribution in [0.15, 0.2) is 23.8 Å². The third-order valence-corrected chi connectivity index (χ3v) is 6.02. The Bertz CT molecular complexity index is 667. The summed E-state index contributed by atoms with van der Waals surface area (Å²) in [7, 11) is 0. The van der Waals surface area contributed by atoms with Crippen LogP contribution in [0.5, 0.6) is 0 Å². The molecule has 3 rings (SSSR count). The van der Waals surface area contributed by atoms with Crippen LogP contribution in [-0.2, 0) is 23.8 Å². The monoisotopic (exact) mass is 364 g/mol. The summed E-state index contributed by atoms with van der Waals surface area (Å²) in [6, 6.07) is 0. The lowest BCUT2D eigenvalue weighted by atomic mass is 9.81. The highest BCUT2D eigenvalue weighted by Gasteiger charge is 2.54. The van der Waals surface area contributed by atoms with Gasteiger partial charge in [0.25, 0.3) is 0 Å². The summed E-state index contributed by atoms with van der Waals surface area (Å²) in [6.45, 7) is 11.3. The van der Waals surface area contributed by atoms with Gasteiger partial charge in [0.15, 0.2) is 5.79 Å². The van der Waals surface area contributed by atoms with E-state index in [0.717, 1.165) is 0 Å². The van der Waals surface area contributed by atoms with E-state index >= 15 is 0 Å². The van der Waals surface area contributed by atoms with Crippen LogP contribution in [0.3, 0.4) is 0 Å². The molecular formula is C20H28O6. The Kier molecular flexibility index (Phi) is 4.78. The van der Waals surface area contributed by atoms with Gasteiger partial charge in [0.1, 0.15) is 12.2 Å². The van der Waals surface area contributed by atoms with E-state index < -0.39 is 35.5 Å². The Morgan fingerprint density at radius 1 is 1.50 bits per heavy atom. The van der Waals surface area contributed by atoms with Crippen LogP contribution < -0.4 is 0 Å². The second kappa shape index (κ2) is 6.50. The SMILES string of the molecule is C=C1C(=O)O[C@@H]2/C=C(/C)[C@@]3(O)CC[C@@](C)(C[C@@H](OC(=O)[C@@H](C)CC)[C@@H]12)O3. The third kappa shape index (κ3) is 3.21. The fourth-order valence-corrected chi connectivity index (χ4v) is 4.02. The highest BCUT2D eigenvalue weighted by Crippen LogP contribution is 2.47. The molecule has 6 heteroatoms. The zero-order chi connectivity index (χ0) is 19.3. The predicted octanol–water partition coefficient (Wildman–Crippen LogP) is 2.65. The Morgan fingerprint density at radius 3 is 2.85 bits per heavy atom. The van der Waals surface area contributed by atoms with Crippen LogP contribution >= 0.6 is 0 Å². The van der Waals surface area contributed by atoms with Gasteiger partial charge >= 0.3 is 11.9 Å². The molecule has 144 valence electrons. The minimum absolute atomic E-state index is 0.237. The summed E-state index contributed by atoms with van der Waals surface area (Å²) in [6.07, 6.45) is 2.60. The number of hydrogen-bond acceptors (Lipinski definition) is 6. The molecule has 0 radical (unpaired) electrons. The molecule has 1 N–H and O–H groups in total. The Morgan fingerprint density at radius 2 is 2.19 bits per heavy atom. The van der Waals surface area contributed by atoms with Crippen molar-refractivity contribution in [1.29, 1.82) is 0 Å². The molecule has 0 aromatic rings. The van der Waals surface area contributed by atoms with Gasteiger partial charge in [0.2, 0.25) is 0 Å². The van der Waals surface area contributed by atoms with E-state index in [1.165, 1.54) is 0 Å². The summed E-state index contributed by atoms with van der Waals surface area (Å²) in [5.41, 5.74) is 0.243. The zero-order valence-electron chi connectivity index (χ0n) is 15.9. The first-order valence-corrected chi connectivity index (χ1v) is 9.30. The molecule has 3 aliphatic heterocycles. The maximum Gasteiger partial charge on any atom is 0.334 e. The second-order valence-electron chi connectivity index (χ2n) is 8.10. The van der Waals surface area contributed by atoms with Crippen molar-refractivity contribution in [3.63, 3.8) is 0 Å². The van der Waals surface area contributed by atoms with Crippen LogP contribution in [0.1, 0.15) is 53.4 Å². The first kappa shape index (κ1) is 19.1. The molecule has 0 amide bonds. The molecule has 0 spiro atoms. The Labute approximate surface area is 154 Å². The van der Waals surface area contributed by atoms with Crippen LogP contribution in [0, 0.1) is 11.8 Å². The molecule has 2 saturated heterocycles. The number of rotatable bonds is 3. The summed E-state index contributed by atoms with van der Waals surface area (Å²) < 4.78 is 17.3. The maximum atomic E-state index is 12.5. The van der Waals surface area contributed by atoms with E-state index in [0.29, 0.717) is 36.8 Å². The zero-order valence-corrected chi connectivity index (χ0v) is 15.9. The lowest BCUT2D eigenvalue weighted by Gasteiger charge is -2.33. The second-order valence-corrected chi connectivity index (χ2v) is 8.10. The minimum atomic E-state index is -1.38. The molecular weight excluding hydrogens is 336 g/mol. The summed E-state index contributed by atoms with van der Waals surface area (Å²) in [5.74, 6) is -2.89. The van der Waals surface area contributed by atoms with Crippen LogP contribution in [0.25, 0.3) is 0 Å². The van der Waals surface area contributed by atoms with Gasteiger partial charge in [-0.1, -0.05) is 20.4 Å². The standard InChI is InChI=1S/C20H28O6/c1-6-11(2)17(21)25-15-10-19(5)7-8-20(23,26-19)12(3)9-14-16(15)13(4)18(22)24-14/h9,11,14-16,23H,4,6-8,10H2,1-3,5H3/b12-9-/t11-,14+,15+,16-,19-,20+/m0/s1. The van der Waals surface area contributed by atoms with Crippen molar-refractivity contribution in [2.45, 2.75) is 77.0 Å². The van der Waals surface area contributed by atoms with Gasteiger partial charge in [0, 0.05) is 18.4 Å². The van der Waals surface area contributed by atoms with E-state index in [-0.39, 0.29) is 11.9 Å². The van der Waals surface area contributed by atoms with Crippen molar-refractivity contribution in [2.75, 3.05) is 0 Å². The van der Waals surface area contributed by atoms with Gasteiger partial charge in [-0.2, -0.15) is 0 Å². The number of fused-ring (bicyclic) bond motifs is 3. The summed E-state index contributed by atoms with van der Waals surface area (Å²) >= 11 is 0. The number of carbonyl (C=O) groups excluding carboxylic acids is 2. The fourth-order valence-electron chi connectivity index (χ4n) is 4.02. The maximum absolute atomic E-state index is 12.5. The predicted molar refractivity (Wildman–Crippen MR) is 93.9 cm³/mol. The lowest BCUT2D eigenvalue weighted by molar-refractivity contribution is -0.203. The first-order valence-electron chi connectivity index (χ1n) is 9.30. The van der Waals surface area contributed by atoms with Crippen molar-refractivity contribution in [3.8, 4) is 0 Å². The molecule has 0 aliphatic carbocycles. The largest absolute Gasteiger partial charge is 0.461 e. The van der Waals surface area contributed by atoms with Crippen molar-refractivity contribution in [2.24, 2.45) is 11.8 Å². The molecule has 0 saturated carbocycles. The van der Waals surface area contributed by atoms with Gasteiger partial charge in [-0.25, -0.2) is 4.79 Å². The van der Waals surface area contributed by atoms with Crippen molar-refractivity contribution < 1.29 is 28.9 Å². The van der Waals surface area contributed by atoms with Gasteiger partial charge in [-0.15, -0.1) is 0 Å². The Balaban J connectivity index is 2.00. The van der Waals surface area contributed by atoms with E-state index in [2.05, 4.69) is 6.58 Å². The number of carbonyl (C=O) groups is 2. The van der Waals surface area contributed by atoms with Crippen LogP contribution in [0.2, 0.25) is 0 Å². The molecule has 2 bridgehead atoms. The minimum Gasteiger partial charge on any atom is -0.461 e. The highest BCUT2D eigenvalue weighted by atomic mass is 16.6. The number of ether oxygens (including phenoxy) is 3. The van der Waals surface area contributed by atoms with Crippen molar-refractivity contribution in [1.82, 2.24) is 0 Å². The molecule has 2 fully saturated rings. The Hall–Kier alpha value is -1.66. The van der Waals surface area contributed by atoms with Crippen LogP contribution in [0.4, 0.5) is 0 Å². The number of aliphatic hydroxyl groups is 1. The fraction of sp³-hybridized carbons (Fsp3) is 0.700.